The van der Waals surface area contributed by atoms with Crippen molar-refractivity contribution in [3.8, 4) is 5.75 Å². The Balaban J connectivity index is 1.87. The number of fused-ring (bicyclic) bond motifs is 1. The highest BCUT2D eigenvalue weighted by molar-refractivity contribution is 6.31. The quantitative estimate of drug-likeness (QED) is 0.595. The molecule has 0 saturated heterocycles. The van der Waals surface area contributed by atoms with Crippen LogP contribution in [0, 0.1) is 13.8 Å². The number of nitrogens with zero attached hydrogens (tertiary/aromatic N) is 3. The second-order valence-electron chi connectivity index (χ2n) is 6.96. The van der Waals surface area contributed by atoms with E-state index >= 15 is 0 Å². The number of hydrogen-bond donors (Lipinski definition) is 0. The van der Waals surface area contributed by atoms with E-state index in [2.05, 4.69) is 43.5 Å². The summed E-state index contributed by atoms with van der Waals surface area (Å²) in [7, 11) is 4.18. The SMILES string of the molecule is Cc1cccc(OCc2nc3ccc(Cl)cc3n2CCCN(C)C)c1C. The molecule has 0 spiro atoms. The van der Waals surface area contributed by atoms with Crippen LogP contribution in [-0.4, -0.2) is 35.1 Å². The van der Waals surface area contributed by atoms with Gasteiger partial charge < -0.3 is 14.2 Å². The molecule has 26 heavy (non-hydrogen) atoms. The Morgan fingerprint density at radius 2 is 1.96 bits per heavy atom. The average Bonchev–Trinajstić information content (AvgIpc) is 2.93. The zero-order valence-electron chi connectivity index (χ0n) is 15.9. The van der Waals surface area contributed by atoms with Crippen molar-refractivity contribution in [2.75, 3.05) is 20.6 Å². The van der Waals surface area contributed by atoms with E-state index in [1.807, 2.05) is 30.3 Å². The van der Waals surface area contributed by atoms with E-state index in [-0.39, 0.29) is 0 Å². The van der Waals surface area contributed by atoms with E-state index in [1.165, 1.54) is 11.1 Å². The molecule has 0 atom stereocenters. The number of aryl methyl sites for hydroxylation is 2. The molecule has 0 fully saturated rings. The average molecular weight is 372 g/mol. The summed E-state index contributed by atoms with van der Waals surface area (Å²) in [5, 5.41) is 0.730. The van der Waals surface area contributed by atoms with Crippen molar-refractivity contribution in [1.29, 1.82) is 0 Å². The van der Waals surface area contributed by atoms with Gasteiger partial charge in [0, 0.05) is 11.6 Å². The van der Waals surface area contributed by atoms with E-state index in [1.54, 1.807) is 0 Å². The normalized spacial score (nSPS) is 11.5. The van der Waals surface area contributed by atoms with Crippen molar-refractivity contribution in [3.05, 3.63) is 58.4 Å². The van der Waals surface area contributed by atoms with E-state index in [9.17, 15) is 0 Å². The number of halogens is 1. The molecule has 0 aliphatic heterocycles. The van der Waals surface area contributed by atoms with Crippen LogP contribution in [-0.2, 0) is 13.2 Å². The Hall–Kier alpha value is -2.04. The summed E-state index contributed by atoms with van der Waals surface area (Å²) < 4.78 is 8.34. The monoisotopic (exact) mass is 371 g/mol. The smallest absolute Gasteiger partial charge is 0.147 e. The molecule has 0 saturated carbocycles. The van der Waals surface area contributed by atoms with Gasteiger partial charge in [-0.15, -0.1) is 0 Å². The maximum absolute atomic E-state index is 6.21. The van der Waals surface area contributed by atoms with Gasteiger partial charge in [0.1, 0.15) is 18.2 Å². The zero-order chi connectivity index (χ0) is 18.7. The largest absolute Gasteiger partial charge is 0.485 e. The lowest BCUT2D eigenvalue weighted by atomic mass is 10.1. The highest BCUT2D eigenvalue weighted by Crippen LogP contribution is 2.24. The molecule has 0 bridgehead atoms. The third-order valence-electron chi connectivity index (χ3n) is 4.69. The van der Waals surface area contributed by atoms with Gasteiger partial charge in [-0.3, -0.25) is 0 Å². The van der Waals surface area contributed by atoms with Gasteiger partial charge in [-0.05, 0) is 76.3 Å². The van der Waals surface area contributed by atoms with Crippen LogP contribution >= 0.6 is 11.6 Å². The summed E-state index contributed by atoms with van der Waals surface area (Å²) in [5.74, 6) is 1.84. The molecule has 0 N–H and O–H groups in total. The third-order valence-corrected chi connectivity index (χ3v) is 4.92. The molecule has 2 aromatic carbocycles. The van der Waals surface area contributed by atoms with E-state index < -0.39 is 0 Å². The first-order chi connectivity index (χ1) is 12.5. The Bertz CT molecular complexity index is 902. The van der Waals surface area contributed by atoms with E-state index in [0.717, 1.165) is 47.1 Å². The van der Waals surface area contributed by atoms with E-state index in [4.69, 9.17) is 21.3 Å². The van der Waals surface area contributed by atoms with Gasteiger partial charge in [-0.25, -0.2) is 4.98 Å². The summed E-state index contributed by atoms with van der Waals surface area (Å²) in [6.45, 7) is 6.54. The number of ether oxygens (including phenoxy) is 1. The van der Waals surface area contributed by atoms with Gasteiger partial charge in [0.05, 0.1) is 11.0 Å². The van der Waals surface area contributed by atoms with Crippen LogP contribution in [0.1, 0.15) is 23.4 Å². The summed E-state index contributed by atoms with van der Waals surface area (Å²) in [5.41, 5.74) is 4.43. The maximum atomic E-state index is 6.21. The standard InChI is InChI=1S/C21H26ClN3O/c1-15-7-5-8-20(16(15)2)26-14-21-23-18-10-9-17(22)13-19(18)25(21)12-6-11-24(3)4/h5,7-10,13H,6,11-12,14H2,1-4H3. The topological polar surface area (TPSA) is 30.3 Å². The van der Waals surface area contributed by atoms with Crippen LogP contribution in [0.4, 0.5) is 0 Å². The summed E-state index contributed by atoms with van der Waals surface area (Å²) in [4.78, 5) is 6.98. The fraction of sp³-hybridized carbons (Fsp3) is 0.381. The van der Waals surface area contributed by atoms with Gasteiger partial charge in [-0.1, -0.05) is 23.7 Å². The third kappa shape index (κ3) is 4.19. The van der Waals surface area contributed by atoms with Crippen LogP contribution in [0.25, 0.3) is 11.0 Å². The first kappa shape index (κ1) is 18.7. The van der Waals surface area contributed by atoms with Crippen LogP contribution in [0.15, 0.2) is 36.4 Å². The fourth-order valence-corrected chi connectivity index (χ4v) is 3.24. The molecule has 0 radical (unpaired) electrons. The summed E-state index contributed by atoms with van der Waals surface area (Å²) in [6.07, 6.45) is 1.04. The van der Waals surface area contributed by atoms with E-state index in [0.29, 0.717) is 6.61 Å². The lowest BCUT2D eigenvalue weighted by molar-refractivity contribution is 0.286. The van der Waals surface area contributed by atoms with Gasteiger partial charge in [-0.2, -0.15) is 0 Å². The first-order valence-corrected chi connectivity index (χ1v) is 9.32. The molecule has 4 nitrogen and oxygen atoms in total. The number of aromatic nitrogens is 2. The second kappa shape index (κ2) is 8.11. The highest BCUT2D eigenvalue weighted by atomic mass is 35.5. The van der Waals surface area contributed by atoms with Gasteiger partial charge in [0.15, 0.2) is 0 Å². The number of hydrogen-bond acceptors (Lipinski definition) is 3. The van der Waals surface area contributed by atoms with Crippen LogP contribution in [0.5, 0.6) is 5.75 Å². The Labute approximate surface area is 160 Å². The van der Waals surface area contributed by atoms with Crippen LogP contribution in [0.2, 0.25) is 5.02 Å². The van der Waals surface area contributed by atoms with Crippen molar-refractivity contribution in [3.63, 3.8) is 0 Å². The second-order valence-corrected chi connectivity index (χ2v) is 7.39. The molecular weight excluding hydrogens is 346 g/mol. The fourth-order valence-electron chi connectivity index (χ4n) is 3.07. The molecule has 3 aromatic rings. The minimum atomic E-state index is 0.443. The van der Waals surface area contributed by atoms with Gasteiger partial charge >= 0.3 is 0 Å². The zero-order valence-corrected chi connectivity index (χ0v) is 16.7. The molecule has 5 heteroatoms. The molecular formula is C21H26ClN3O. The van der Waals surface area contributed by atoms with Crippen molar-refractivity contribution in [2.24, 2.45) is 0 Å². The molecule has 0 aliphatic rings. The molecule has 0 aliphatic carbocycles. The minimum absolute atomic E-state index is 0.443. The lowest BCUT2D eigenvalue weighted by Gasteiger charge is -2.14. The first-order valence-electron chi connectivity index (χ1n) is 8.94. The van der Waals surface area contributed by atoms with Gasteiger partial charge in [0.25, 0.3) is 0 Å². The maximum Gasteiger partial charge on any atom is 0.147 e. The molecule has 0 unspecified atom stereocenters. The van der Waals surface area contributed by atoms with Gasteiger partial charge in [0.2, 0.25) is 0 Å². The number of benzene rings is 2. The number of imidazole rings is 1. The Kier molecular flexibility index (Phi) is 5.84. The Morgan fingerprint density at radius 1 is 1.15 bits per heavy atom. The van der Waals surface area contributed by atoms with Crippen molar-refractivity contribution in [2.45, 2.75) is 33.4 Å². The molecule has 138 valence electrons. The van der Waals surface area contributed by atoms with Crippen LogP contribution in [0.3, 0.4) is 0 Å². The lowest BCUT2D eigenvalue weighted by Crippen LogP contribution is -2.16. The van der Waals surface area contributed by atoms with Crippen molar-refractivity contribution in [1.82, 2.24) is 14.5 Å². The summed E-state index contributed by atoms with van der Waals surface area (Å²) >= 11 is 6.21. The predicted molar refractivity (Wildman–Crippen MR) is 108 cm³/mol. The minimum Gasteiger partial charge on any atom is -0.485 e. The highest BCUT2D eigenvalue weighted by Gasteiger charge is 2.13. The predicted octanol–water partition coefficient (Wildman–Crippen LogP) is 4.84. The summed E-state index contributed by atoms with van der Waals surface area (Å²) in [6, 6.07) is 12.0. The molecule has 0 amide bonds. The Morgan fingerprint density at radius 3 is 2.73 bits per heavy atom. The van der Waals surface area contributed by atoms with Crippen LogP contribution < -0.4 is 4.74 Å². The van der Waals surface area contributed by atoms with Crippen molar-refractivity contribution >= 4 is 22.6 Å². The van der Waals surface area contributed by atoms with Crippen molar-refractivity contribution < 1.29 is 4.74 Å². The molecule has 1 heterocycles. The molecule has 1 aromatic heterocycles. The number of rotatable bonds is 7. The molecule has 3 rings (SSSR count).